The molecule has 10 aromatic rings. The van der Waals surface area contributed by atoms with Gasteiger partial charge in [-0.05, 0) is 86.9 Å². The van der Waals surface area contributed by atoms with Gasteiger partial charge < -0.3 is 0 Å². The number of thiophene rings is 2. The SMILES string of the molecule is C=C/C=c1\c(=C/C)sc2ccc(-c3nc(-c4ccccc4)nc(-c4ccc5c(ccc6ccc7cc8c(cc7c65)sc5ccccc58)c4)n3)cc12. The van der Waals surface area contributed by atoms with Crippen LogP contribution in [0.5, 0.6) is 0 Å². The van der Waals surface area contributed by atoms with E-state index in [1.165, 1.54) is 66.9 Å². The fraction of sp³-hybridized carbons (Fsp3) is 0.0217. The maximum atomic E-state index is 5.13. The smallest absolute Gasteiger partial charge is 0.164 e. The van der Waals surface area contributed by atoms with Crippen LogP contribution in [0, 0.1) is 0 Å². The second kappa shape index (κ2) is 11.8. The molecule has 0 radical (unpaired) electrons. The summed E-state index contributed by atoms with van der Waals surface area (Å²) in [6.07, 6.45) is 6.09. The molecule has 0 aliphatic heterocycles. The number of rotatable bonds is 4. The summed E-state index contributed by atoms with van der Waals surface area (Å²) < 4.78 is 5.09. The minimum Gasteiger partial charge on any atom is -0.208 e. The van der Waals surface area contributed by atoms with E-state index in [1.807, 2.05) is 35.6 Å². The van der Waals surface area contributed by atoms with Gasteiger partial charge in [-0.2, -0.15) is 0 Å². The molecule has 0 aliphatic rings. The maximum Gasteiger partial charge on any atom is 0.164 e. The number of fused-ring (bicyclic) bond motifs is 9. The number of allylic oxidation sites excluding steroid dienone is 1. The summed E-state index contributed by atoms with van der Waals surface area (Å²) in [5, 5.41) is 12.4. The summed E-state index contributed by atoms with van der Waals surface area (Å²) >= 11 is 3.65. The summed E-state index contributed by atoms with van der Waals surface area (Å²) in [5.41, 5.74) is 2.86. The highest BCUT2D eigenvalue weighted by molar-refractivity contribution is 7.25. The lowest BCUT2D eigenvalue weighted by atomic mass is 9.94. The second-order valence-corrected chi connectivity index (χ2v) is 15.0. The van der Waals surface area contributed by atoms with Crippen molar-refractivity contribution in [1.29, 1.82) is 0 Å². The first-order chi connectivity index (χ1) is 25.1. The Bertz CT molecular complexity index is 3170. The molecule has 0 amide bonds. The lowest BCUT2D eigenvalue weighted by molar-refractivity contribution is 1.08. The van der Waals surface area contributed by atoms with Crippen LogP contribution in [0.2, 0.25) is 0 Å². The molecule has 0 bridgehead atoms. The molecule has 7 aromatic carbocycles. The first kappa shape index (κ1) is 29.9. The van der Waals surface area contributed by atoms with E-state index >= 15 is 0 Å². The predicted octanol–water partition coefficient (Wildman–Crippen LogP) is 11.7. The Hall–Kier alpha value is -6.01. The highest BCUT2D eigenvalue weighted by Gasteiger charge is 2.16. The summed E-state index contributed by atoms with van der Waals surface area (Å²) in [6, 6.07) is 45.7. The molecular formula is C46H29N3S2. The summed E-state index contributed by atoms with van der Waals surface area (Å²) in [6.45, 7) is 6.04. The van der Waals surface area contributed by atoms with Gasteiger partial charge in [0.2, 0.25) is 0 Å². The fourth-order valence-electron chi connectivity index (χ4n) is 7.38. The largest absolute Gasteiger partial charge is 0.208 e. The van der Waals surface area contributed by atoms with Crippen molar-refractivity contribution < 1.29 is 0 Å². The fourth-order valence-corrected chi connectivity index (χ4v) is 9.56. The first-order valence-electron chi connectivity index (χ1n) is 17.0. The zero-order valence-corrected chi connectivity index (χ0v) is 29.4. The topological polar surface area (TPSA) is 38.7 Å². The van der Waals surface area contributed by atoms with Gasteiger partial charge in [0.05, 0.1) is 0 Å². The van der Waals surface area contributed by atoms with Gasteiger partial charge in [0, 0.05) is 51.5 Å². The van der Waals surface area contributed by atoms with Crippen LogP contribution in [0.1, 0.15) is 6.92 Å². The number of aromatic nitrogens is 3. The number of hydrogen-bond acceptors (Lipinski definition) is 5. The van der Waals surface area contributed by atoms with Gasteiger partial charge >= 0.3 is 0 Å². The molecule has 0 spiro atoms. The van der Waals surface area contributed by atoms with Crippen LogP contribution in [0.3, 0.4) is 0 Å². The lowest BCUT2D eigenvalue weighted by Crippen LogP contribution is -2.17. The van der Waals surface area contributed by atoms with Crippen LogP contribution in [0.15, 0.2) is 140 Å². The van der Waals surface area contributed by atoms with Gasteiger partial charge in [-0.3, -0.25) is 0 Å². The van der Waals surface area contributed by atoms with Gasteiger partial charge in [-0.15, -0.1) is 22.7 Å². The quantitative estimate of drug-likeness (QED) is 0.173. The monoisotopic (exact) mass is 687 g/mol. The summed E-state index contributed by atoms with van der Waals surface area (Å²) in [5.74, 6) is 1.95. The van der Waals surface area contributed by atoms with E-state index in [1.54, 1.807) is 11.3 Å². The van der Waals surface area contributed by atoms with Crippen molar-refractivity contribution >= 4 is 97.4 Å². The maximum absolute atomic E-state index is 5.13. The van der Waals surface area contributed by atoms with E-state index < -0.39 is 0 Å². The van der Waals surface area contributed by atoms with Crippen LogP contribution in [-0.4, -0.2) is 15.0 Å². The number of hydrogen-bond donors (Lipinski definition) is 0. The van der Waals surface area contributed by atoms with Gasteiger partial charge in [0.15, 0.2) is 17.5 Å². The van der Waals surface area contributed by atoms with Crippen LogP contribution in [-0.2, 0) is 0 Å². The van der Waals surface area contributed by atoms with E-state index in [-0.39, 0.29) is 0 Å². The van der Waals surface area contributed by atoms with Crippen molar-refractivity contribution in [1.82, 2.24) is 15.0 Å². The number of nitrogens with zero attached hydrogens (tertiary/aromatic N) is 3. The van der Waals surface area contributed by atoms with E-state index in [4.69, 9.17) is 15.0 Å². The molecule has 5 heteroatoms. The molecule has 0 atom stereocenters. The second-order valence-electron chi connectivity index (χ2n) is 12.8. The minimum atomic E-state index is 0.649. The standard InChI is InChI=1S/C46H29N3S2/c1-3-10-34-37-25-32(20-22-41(37)50-39(34)4-2)46-48-44(28-11-6-5-7-12-28)47-45(49-46)31-19-21-33-29(23-31)17-15-27-16-18-30-24-38-35-13-8-9-14-40(35)51-42(38)26-36(30)43(27)33/h3-26H,1H2,2H3/b34-10-,39-4+. The zero-order valence-electron chi connectivity index (χ0n) is 27.7. The summed E-state index contributed by atoms with van der Waals surface area (Å²) in [4.78, 5) is 15.2. The van der Waals surface area contributed by atoms with Crippen molar-refractivity contribution in [3.63, 3.8) is 0 Å². The molecule has 0 fully saturated rings. The van der Waals surface area contributed by atoms with Crippen LogP contribution >= 0.6 is 22.7 Å². The van der Waals surface area contributed by atoms with Crippen molar-refractivity contribution in [2.45, 2.75) is 6.92 Å². The molecule has 3 aromatic heterocycles. The molecule has 0 unspecified atom stereocenters. The van der Waals surface area contributed by atoms with Crippen molar-refractivity contribution in [3.05, 3.63) is 150 Å². The molecule has 240 valence electrons. The Kier molecular flexibility index (Phi) is 6.91. The van der Waals surface area contributed by atoms with Gasteiger partial charge in [-0.25, -0.2) is 15.0 Å². The third kappa shape index (κ3) is 4.89. The highest BCUT2D eigenvalue weighted by atomic mass is 32.1. The molecule has 0 N–H and O–H groups in total. The molecule has 0 saturated heterocycles. The average molecular weight is 688 g/mol. The van der Waals surface area contributed by atoms with Crippen LogP contribution in [0.25, 0.3) is 109 Å². The molecule has 0 aliphatic carbocycles. The Morgan fingerprint density at radius 2 is 1.16 bits per heavy atom. The third-order valence-corrected chi connectivity index (χ3v) is 12.2. The highest BCUT2D eigenvalue weighted by Crippen LogP contribution is 2.40. The molecular weight excluding hydrogens is 659 g/mol. The molecule has 51 heavy (non-hydrogen) atoms. The predicted molar refractivity (Wildman–Crippen MR) is 221 cm³/mol. The zero-order chi connectivity index (χ0) is 34.1. The summed E-state index contributed by atoms with van der Waals surface area (Å²) in [7, 11) is 0. The Morgan fingerprint density at radius 1 is 0.490 bits per heavy atom. The number of benzene rings is 7. The van der Waals surface area contributed by atoms with E-state index in [2.05, 4.69) is 135 Å². The van der Waals surface area contributed by atoms with E-state index in [0.29, 0.717) is 17.5 Å². The normalized spacial score (nSPS) is 12.7. The Morgan fingerprint density at radius 3 is 1.94 bits per heavy atom. The van der Waals surface area contributed by atoms with Crippen LogP contribution < -0.4 is 9.75 Å². The van der Waals surface area contributed by atoms with E-state index in [9.17, 15) is 0 Å². The van der Waals surface area contributed by atoms with Crippen LogP contribution in [0.4, 0.5) is 0 Å². The Labute approximate surface area is 301 Å². The third-order valence-electron chi connectivity index (χ3n) is 9.80. The molecule has 3 heterocycles. The van der Waals surface area contributed by atoms with Gasteiger partial charge in [0.25, 0.3) is 0 Å². The minimum absolute atomic E-state index is 0.649. The molecule has 10 rings (SSSR count). The molecule has 3 nitrogen and oxygen atoms in total. The lowest BCUT2D eigenvalue weighted by Gasteiger charge is -2.11. The van der Waals surface area contributed by atoms with Gasteiger partial charge in [0.1, 0.15) is 0 Å². The Balaban J connectivity index is 1.17. The van der Waals surface area contributed by atoms with Crippen molar-refractivity contribution in [2.24, 2.45) is 0 Å². The van der Waals surface area contributed by atoms with Gasteiger partial charge in [-0.1, -0.05) is 110 Å². The first-order valence-corrected chi connectivity index (χ1v) is 18.6. The van der Waals surface area contributed by atoms with Crippen molar-refractivity contribution in [2.75, 3.05) is 0 Å². The molecule has 0 saturated carbocycles. The average Bonchev–Trinajstić information content (AvgIpc) is 3.73. The van der Waals surface area contributed by atoms with E-state index in [0.717, 1.165) is 22.1 Å². The van der Waals surface area contributed by atoms with Crippen molar-refractivity contribution in [3.8, 4) is 34.2 Å².